The third kappa shape index (κ3) is 6.03. The fourth-order valence-electron chi connectivity index (χ4n) is 3.44. The lowest BCUT2D eigenvalue weighted by Gasteiger charge is -2.30. The van der Waals surface area contributed by atoms with E-state index in [0.29, 0.717) is 17.1 Å². The van der Waals surface area contributed by atoms with E-state index in [1.54, 1.807) is 36.4 Å². The highest BCUT2D eigenvalue weighted by Gasteiger charge is 2.24. The predicted molar refractivity (Wildman–Crippen MR) is 123 cm³/mol. The number of methoxy groups -OCH3 is 1. The number of sulfonamides is 1. The first-order valence-corrected chi connectivity index (χ1v) is 11.7. The van der Waals surface area contributed by atoms with E-state index in [2.05, 4.69) is 15.4 Å². The summed E-state index contributed by atoms with van der Waals surface area (Å²) in [4.78, 5) is 24.9. The molecule has 3 amide bonds. The Hall–Kier alpha value is -3.47. The number of anilines is 3. The smallest absolute Gasteiger partial charge is 0.312 e. The topological polar surface area (TPSA) is 143 Å². The highest BCUT2D eigenvalue weighted by atomic mass is 32.2. The molecule has 1 heterocycles. The van der Waals surface area contributed by atoms with Crippen molar-refractivity contribution in [3.63, 3.8) is 0 Å². The molecule has 1 aliphatic rings. The van der Waals surface area contributed by atoms with Gasteiger partial charge in [0.25, 0.3) is 10.0 Å². The Labute approximate surface area is 187 Å². The minimum absolute atomic E-state index is 0.0517. The number of amides is 3. The van der Waals surface area contributed by atoms with Gasteiger partial charge >= 0.3 is 6.03 Å². The van der Waals surface area contributed by atoms with Gasteiger partial charge in [-0.1, -0.05) is 0 Å². The van der Waals surface area contributed by atoms with Crippen LogP contribution in [0.5, 0.6) is 5.75 Å². The Morgan fingerprint density at radius 2 is 1.69 bits per heavy atom. The van der Waals surface area contributed by atoms with Gasteiger partial charge in [-0.15, -0.1) is 0 Å². The quantitative estimate of drug-likeness (QED) is 0.474. The van der Waals surface area contributed by atoms with E-state index in [1.165, 1.54) is 13.2 Å². The largest absolute Gasteiger partial charge is 0.497 e. The zero-order valence-electron chi connectivity index (χ0n) is 17.8. The van der Waals surface area contributed by atoms with Gasteiger partial charge in [0, 0.05) is 24.5 Å². The fourth-order valence-corrected chi connectivity index (χ4v) is 4.76. The van der Waals surface area contributed by atoms with Crippen LogP contribution < -0.4 is 30.7 Å². The Morgan fingerprint density at radius 3 is 2.31 bits per heavy atom. The van der Waals surface area contributed by atoms with Crippen molar-refractivity contribution in [2.24, 2.45) is 5.73 Å². The normalized spacial score (nSPS) is 13.8. The number of primary amides is 1. The minimum atomic E-state index is -3.97. The summed E-state index contributed by atoms with van der Waals surface area (Å²) in [5.41, 5.74) is 6.22. The van der Waals surface area contributed by atoms with E-state index in [-0.39, 0.29) is 17.1 Å². The average molecular weight is 462 g/mol. The second-order valence-electron chi connectivity index (χ2n) is 7.33. The maximum atomic E-state index is 13.3. The summed E-state index contributed by atoms with van der Waals surface area (Å²) in [6.07, 6.45) is 3.05. The van der Waals surface area contributed by atoms with Crippen LogP contribution in [0, 0.1) is 0 Å². The van der Waals surface area contributed by atoms with Gasteiger partial charge in [-0.2, -0.15) is 0 Å². The van der Waals surface area contributed by atoms with Crippen LogP contribution >= 0.6 is 0 Å². The number of piperidine rings is 1. The second kappa shape index (κ2) is 10.2. The number of rotatable bonds is 8. The van der Waals surface area contributed by atoms with Crippen molar-refractivity contribution in [1.82, 2.24) is 5.32 Å². The predicted octanol–water partition coefficient (Wildman–Crippen LogP) is 2.09. The fraction of sp³-hybridized carbons (Fsp3) is 0.333. The molecular formula is C21H27N5O5S. The molecule has 10 nitrogen and oxygen atoms in total. The Morgan fingerprint density at radius 1 is 1.03 bits per heavy atom. The third-order valence-corrected chi connectivity index (χ3v) is 6.41. The molecule has 0 unspecified atom stereocenters. The summed E-state index contributed by atoms with van der Waals surface area (Å²) in [7, 11) is -2.44. The van der Waals surface area contributed by atoms with E-state index in [1.807, 2.05) is 4.90 Å². The number of carbonyl (C=O) groups is 2. The molecule has 0 spiro atoms. The first-order valence-electron chi connectivity index (χ1n) is 10.2. The molecule has 3 rings (SSSR count). The first-order chi connectivity index (χ1) is 15.3. The Balaban J connectivity index is 1.91. The summed E-state index contributed by atoms with van der Waals surface area (Å²) < 4.78 is 34.3. The first kappa shape index (κ1) is 23.2. The number of carbonyl (C=O) groups excluding carboxylic acids is 2. The zero-order chi connectivity index (χ0) is 23.1. The summed E-state index contributed by atoms with van der Waals surface area (Å²) in [5, 5.41) is 4.78. The van der Waals surface area contributed by atoms with Crippen molar-refractivity contribution < 1.29 is 22.7 Å². The van der Waals surface area contributed by atoms with E-state index < -0.39 is 22.0 Å². The Bertz CT molecular complexity index is 1070. The molecule has 1 aliphatic heterocycles. The van der Waals surface area contributed by atoms with Crippen LogP contribution in [0.2, 0.25) is 0 Å². The van der Waals surface area contributed by atoms with Crippen LogP contribution in [0.1, 0.15) is 19.3 Å². The van der Waals surface area contributed by atoms with Gasteiger partial charge in [0.1, 0.15) is 10.6 Å². The van der Waals surface area contributed by atoms with Gasteiger partial charge in [-0.3, -0.25) is 9.52 Å². The molecule has 0 bridgehead atoms. The molecule has 0 saturated carbocycles. The number of nitrogens with zero attached hydrogens (tertiary/aromatic N) is 1. The number of hydrogen-bond donors (Lipinski definition) is 4. The molecule has 2 aromatic rings. The molecule has 0 aromatic heterocycles. The molecule has 32 heavy (non-hydrogen) atoms. The minimum Gasteiger partial charge on any atom is -0.497 e. The third-order valence-electron chi connectivity index (χ3n) is 5.00. The molecule has 5 N–H and O–H groups in total. The highest BCUT2D eigenvalue weighted by Crippen LogP contribution is 2.32. The van der Waals surface area contributed by atoms with E-state index in [4.69, 9.17) is 10.5 Å². The van der Waals surface area contributed by atoms with Gasteiger partial charge in [-0.25, -0.2) is 13.2 Å². The molecule has 172 valence electrons. The van der Waals surface area contributed by atoms with Crippen molar-refractivity contribution in [2.75, 3.05) is 41.7 Å². The second-order valence-corrected chi connectivity index (χ2v) is 8.98. The highest BCUT2D eigenvalue weighted by molar-refractivity contribution is 7.92. The molecule has 0 atom stereocenters. The van der Waals surface area contributed by atoms with Crippen molar-refractivity contribution in [1.29, 1.82) is 0 Å². The van der Waals surface area contributed by atoms with Crippen molar-refractivity contribution in [2.45, 2.75) is 24.2 Å². The van der Waals surface area contributed by atoms with E-state index in [9.17, 15) is 18.0 Å². The summed E-state index contributed by atoms with van der Waals surface area (Å²) in [6, 6.07) is 10.4. The van der Waals surface area contributed by atoms with Crippen molar-refractivity contribution >= 4 is 39.0 Å². The molecule has 0 aliphatic carbocycles. The van der Waals surface area contributed by atoms with E-state index in [0.717, 1.165) is 32.4 Å². The van der Waals surface area contributed by atoms with Crippen LogP contribution in [-0.2, 0) is 14.8 Å². The number of nitrogens with one attached hydrogen (secondary N) is 3. The molecule has 1 saturated heterocycles. The maximum Gasteiger partial charge on any atom is 0.312 e. The molecule has 1 fully saturated rings. The van der Waals surface area contributed by atoms with Crippen molar-refractivity contribution in [3.8, 4) is 5.75 Å². The molecular weight excluding hydrogens is 434 g/mol. The maximum absolute atomic E-state index is 13.3. The molecule has 0 radical (unpaired) electrons. The van der Waals surface area contributed by atoms with Crippen LogP contribution in [0.25, 0.3) is 0 Å². The monoisotopic (exact) mass is 461 g/mol. The van der Waals surface area contributed by atoms with Crippen LogP contribution in [0.3, 0.4) is 0 Å². The number of nitrogens with two attached hydrogens (primary N) is 1. The van der Waals surface area contributed by atoms with Crippen LogP contribution in [0.15, 0.2) is 47.4 Å². The lowest BCUT2D eigenvalue weighted by molar-refractivity contribution is -0.115. The number of urea groups is 1. The SMILES string of the molecule is COc1ccc(NS(=O)(=O)c2cc(NC(=O)CNC(N)=O)ccc2N2CCCCC2)cc1. The average Bonchev–Trinajstić information content (AvgIpc) is 2.78. The molecule has 2 aromatic carbocycles. The van der Waals surface area contributed by atoms with Crippen LogP contribution in [-0.4, -0.2) is 47.1 Å². The summed E-state index contributed by atoms with van der Waals surface area (Å²) in [6.45, 7) is 1.17. The lowest BCUT2D eigenvalue weighted by atomic mass is 10.1. The van der Waals surface area contributed by atoms with Gasteiger partial charge in [-0.05, 0) is 61.7 Å². The summed E-state index contributed by atoms with van der Waals surface area (Å²) in [5.74, 6) is 0.0808. The van der Waals surface area contributed by atoms with Gasteiger partial charge in [0.05, 0.1) is 19.3 Å². The standard InChI is InChI=1S/C21H27N5O5S/c1-31-17-8-5-15(6-9-17)25-32(29,30)19-13-16(24-20(27)14-23-21(22)28)7-10-18(19)26-11-3-2-4-12-26/h5-10,13,25H,2-4,11-12,14H2,1H3,(H,24,27)(H3,22,23,28). The van der Waals surface area contributed by atoms with Crippen molar-refractivity contribution in [3.05, 3.63) is 42.5 Å². The Kier molecular flexibility index (Phi) is 7.41. The summed E-state index contributed by atoms with van der Waals surface area (Å²) >= 11 is 0. The van der Waals surface area contributed by atoms with Gasteiger partial charge in [0.15, 0.2) is 0 Å². The van der Waals surface area contributed by atoms with E-state index >= 15 is 0 Å². The number of ether oxygens (including phenoxy) is 1. The molecule has 11 heteroatoms. The number of hydrogen-bond acceptors (Lipinski definition) is 6. The zero-order valence-corrected chi connectivity index (χ0v) is 18.6. The van der Waals surface area contributed by atoms with Gasteiger partial charge < -0.3 is 26.0 Å². The van der Waals surface area contributed by atoms with Gasteiger partial charge in [0.2, 0.25) is 5.91 Å². The lowest BCUT2D eigenvalue weighted by Crippen LogP contribution is -2.36. The van der Waals surface area contributed by atoms with Crippen LogP contribution in [0.4, 0.5) is 21.9 Å². The number of benzene rings is 2.